The number of nitrogens with two attached hydrogens (primary N) is 2. The van der Waals surface area contributed by atoms with E-state index < -0.39 is 0 Å². The maximum Gasteiger partial charge on any atom is 0.151 e. The standard InChI is InChI=1S/C22H22Cl2N6S.ClH/c23-19-15(9-16(25)29-21(19)24)31-18-12-27-17(11-28-18)30-7-5-22(6-8-30)10-13-3-1-2-4-14(13)20(22)26;/h1-4,9,11-12,20H,5-8,10,26H2,(H2,25,29);1H/t20-;/m1./s1. The molecule has 1 aromatic carbocycles. The molecule has 32 heavy (non-hydrogen) atoms. The minimum absolute atomic E-state index is 0. The number of pyridine rings is 1. The van der Waals surface area contributed by atoms with Crippen molar-refractivity contribution < 1.29 is 0 Å². The second kappa shape index (κ2) is 9.23. The molecule has 4 N–H and O–H groups in total. The van der Waals surface area contributed by atoms with E-state index in [2.05, 4.69) is 44.1 Å². The van der Waals surface area contributed by atoms with Crippen LogP contribution in [0.1, 0.15) is 30.0 Å². The number of halogens is 3. The Bertz CT molecular complexity index is 1120. The van der Waals surface area contributed by atoms with Gasteiger partial charge in [-0.2, -0.15) is 0 Å². The molecule has 0 amide bonds. The third kappa shape index (κ3) is 4.24. The first-order valence-electron chi connectivity index (χ1n) is 10.1. The van der Waals surface area contributed by atoms with Gasteiger partial charge in [0.05, 0.1) is 17.4 Å². The average Bonchev–Trinajstić information content (AvgIpc) is 3.04. The van der Waals surface area contributed by atoms with Crippen molar-refractivity contribution in [1.29, 1.82) is 0 Å². The average molecular weight is 510 g/mol. The summed E-state index contributed by atoms with van der Waals surface area (Å²) in [5, 5.41) is 1.26. The van der Waals surface area contributed by atoms with Gasteiger partial charge in [0.15, 0.2) is 5.15 Å². The zero-order valence-electron chi connectivity index (χ0n) is 17.2. The number of rotatable bonds is 3. The van der Waals surface area contributed by atoms with E-state index in [-0.39, 0.29) is 29.0 Å². The van der Waals surface area contributed by atoms with Crippen molar-refractivity contribution in [3.63, 3.8) is 0 Å². The van der Waals surface area contributed by atoms with E-state index in [4.69, 9.17) is 34.7 Å². The van der Waals surface area contributed by atoms with Gasteiger partial charge in [-0.25, -0.2) is 15.0 Å². The van der Waals surface area contributed by atoms with Gasteiger partial charge in [-0.3, -0.25) is 0 Å². The number of nitrogen functional groups attached to an aromatic ring is 1. The highest BCUT2D eigenvalue weighted by atomic mass is 35.5. The van der Waals surface area contributed by atoms with Gasteiger partial charge in [-0.05, 0) is 41.9 Å². The highest BCUT2D eigenvalue weighted by Gasteiger charge is 2.45. The van der Waals surface area contributed by atoms with Crippen LogP contribution < -0.4 is 16.4 Å². The van der Waals surface area contributed by atoms with Gasteiger partial charge in [0.2, 0.25) is 0 Å². The van der Waals surface area contributed by atoms with E-state index in [1.807, 2.05) is 6.20 Å². The molecule has 2 aliphatic rings. The maximum atomic E-state index is 6.68. The van der Waals surface area contributed by atoms with E-state index in [1.165, 1.54) is 22.9 Å². The Morgan fingerprint density at radius 1 is 1.09 bits per heavy atom. The van der Waals surface area contributed by atoms with Crippen LogP contribution in [-0.4, -0.2) is 28.0 Å². The summed E-state index contributed by atoms with van der Waals surface area (Å²) in [7, 11) is 0. The summed E-state index contributed by atoms with van der Waals surface area (Å²) in [5.41, 5.74) is 15.3. The summed E-state index contributed by atoms with van der Waals surface area (Å²) in [6.45, 7) is 1.84. The number of aromatic nitrogens is 3. The van der Waals surface area contributed by atoms with Gasteiger partial charge < -0.3 is 16.4 Å². The van der Waals surface area contributed by atoms with E-state index >= 15 is 0 Å². The number of benzene rings is 1. The zero-order chi connectivity index (χ0) is 21.6. The molecular formula is C22H23Cl3N6S. The first-order valence-corrected chi connectivity index (χ1v) is 11.7. The fourth-order valence-corrected chi connectivity index (χ4v) is 5.96. The van der Waals surface area contributed by atoms with Crippen molar-refractivity contribution in [2.45, 2.75) is 35.2 Å². The molecule has 0 bridgehead atoms. The van der Waals surface area contributed by atoms with E-state index in [0.29, 0.717) is 20.8 Å². The number of fused-ring (bicyclic) bond motifs is 1. The van der Waals surface area contributed by atoms with Crippen LogP contribution in [0.4, 0.5) is 11.6 Å². The van der Waals surface area contributed by atoms with Crippen LogP contribution in [0, 0.1) is 5.41 Å². The summed E-state index contributed by atoms with van der Waals surface area (Å²) in [6.07, 6.45) is 6.72. The van der Waals surface area contributed by atoms with Crippen molar-refractivity contribution in [2.24, 2.45) is 11.1 Å². The minimum atomic E-state index is 0. The lowest BCUT2D eigenvalue weighted by atomic mass is 9.73. The number of hydrogen-bond donors (Lipinski definition) is 2. The molecule has 0 unspecified atom stereocenters. The maximum absolute atomic E-state index is 6.68. The molecule has 2 aromatic heterocycles. The Kier molecular flexibility index (Phi) is 6.75. The highest BCUT2D eigenvalue weighted by Crippen LogP contribution is 2.50. The molecular weight excluding hydrogens is 487 g/mol. The number of anilines is 2. The molecule has 0 saturated carbocycles. The monoisotopic (exact) mass is 508 g/mol. The van der Waals surface area contributed by atoms with Gasteiger partial charge in [0, 0.05) is 24.0 Å². The fraction of sp³-hybridized carbons (Fsp3) is 0.318. The van der Waals surface area contributed by atoms with Crippen molar-refractivity contribution in [3.8, 4) is 0 Å². The normalized spacial score (nSPS) is 19.0. The zero-order valence-corrected chi connectivity index (χ0v) is 20.3. The third-order valence-electron chi connectivity index (χ3n) is 6.41. The van der Waals surface area contributed by atoms with Crippen LogP contribution in [0.25, 0.3) is 0 Å². The van der Waals surface area contributed by atoms with Gasteiger partial charge in [-0.15, -0.1) is 12.4 Å². The van der Waals surface area contributed by atoms with Crippen molar-refractivity contribution in [2.75, 3.05) is 23.7 Å². The second-order valence-electron chi connectivity index (χ2n) is 8.17. The Balaban J connectivity index is 0.00000245. The molecule has 1 spiro atoms. The van der Waals surface area contributed by atoms with Crippen molar-refractivity contribution >= 4 is 59.0 Å². The molecule has 1 aliphatic heterocycles. The van der Waals surface area contributed by atoms with Crippen LogP contribution in [0.15, 0.2) is 52.6 Å². The molecule has 0 radical (unpaired) electrons. The van der Waals surface area contributed by atoms with Gasteiger partial charge >= 0.3 is 0 Å². The van der Waals surface area contributed by atoms with Crippen LogP contribution in [0.3, 0.4) is 0 Å². The Hall–Kier alpha value is -1.77. The molecule has 1 atom stereocenters. The van der Waals surface area contributed by atoms with Crippen molar-refractivity contribution in [1.82, 2.24) is 15.0 Å². The summed E-state index contributed by atoms with van der Waals surface area (Å²) in [4.78, 5) is 16.1. The van der Waals surface area contributed by atoms with E-state index in [9.17, 15) is 0 Å². The third-order valence-corrected chi connectivity index (χ3v) is 8.24. The minimum Gasteiger partial charge on any atom is -0.384 e. The number of piperidine rings is 1. The lowest BCUT2D eigenvalue weighted by molar-refractivity contribution is 0.187. The summed E-state index contributed by atoms with van der Waals surface area (Å²) in [5.74, 6) is 1.19. The Labute approximate surface area is 207 Å². The lowest BCUT2D eigenvalue weighted by Gasteiger charge is -2.42. The fourth-order valence-electron chi connectivity index (χ4n) is 4.69. The number of nitrogens with zero attached hydrogens (tertiary/aromatic N) is 4. The topological polar surface area (TPSA) is 94.0 Å². The first kappa shape index (κ1) is 23.4. The SMILES string of the molecule is Cl.Nc1cc(Sc2cnc(N3CCC4(CC3)Cc3ccccc3[C@H]4N)cn2)c(Cl)c(Cl)n1. The first-order chi connectivity index (χ1) is 14.9. The summed E-state index contributed by atoms with van der Waals surface area (Å²) >= 11 is 13.6. The molecule has 1 fully saturated rings. The van der Waals surface area contributed by atoms with E-state index in [0.717, 1.165) is 38.2 Å². The molecule has 10 heteroatoms. The molecule has 1 saturated heterocycles. The van der Waals surface area contributed by atoms with Crippen LogP contribution >= 0.6 is 47.4 Å². The Morgan fingerprint density at radius 3 is 2.53 bits per heavy atom. The largest absolute Gasteiger partial charge is 0.384 e. The van der Waals surface area contributed by atoms with Gasteiger partial charge in [0.1, 0.15) is 16.7 Å². The predicted octanol–water partition coefficient (Wildman–Crippen LogP) is 5.18. The van der Waals surface area contributed by atoms with E-state index in [1.54, 1.807) is 12.3 Å². The summed E-state index contributed by atoms with van der Waals surface area (Å²) < 4.78 is 0. The smallest absolute Gasteiger partial charge is 0.151 e. The quantitative estimate of drug-likeness (QED) is 0.470. The Morgan fingerprint density at radius 2 is 1.84 bits per heavy atom. The van der Waals surface area contributed by atoms with Crippen LogP contribution in [0.5, 0.6) is 0 Å². The van der Waals surface area contributed by atoms with Gasteiger partial charge in [-0.1, -0.05) is 59.2 Å². The molecule has 5 rings (SSSR count). The molecule has 1 aliphatic carbocycles. The lowest BCUT2D eigenvalue weighted by Crippen LogP contribution is -2.44. The molecule has 168 valence electrons. The number of hydrogen-bond acceptors (Lipinski definition) is 7. The molecule has 3 heterocycles. The van der Waals surface area contributed by atoms with Crippen LogP contribution in [0.2, 0.25) is 10.2 Å². The molecule has 3 aromatic rings. The van der Waals surface area contributed by atoms with Gasteiger partial charge in [0.25, 0.3) is 0 Å². The van der Waals surface area contributed by atoms with Crippen LogP contribution in [-0.2, 0) is 6.42 Å². The predicted molar refractivity (Wildman–Crippen MR) is 133 cm³/mol. The highest BCUT2D eigenvalue weighted by molar-refractivity contribution is 7.99. The molecule has 6 nitrogen and oxygen atoms in total. The summed E-state index contributed by atoms with van der Waals surface area (Å²) in [6, 6.07) is 10.4. The van der Waals surface area contributed by atoms with Crippen molar-refractivity contribution in [3.05, 3.63) is 64.0 Å². The second-order valence-corrected chi connectivity index (χ2v) is 9.97.